The lowest BCUT2D eigenvalue weighted by atomic mass is 10.1. The van der Waals surface area contributed by atoms with E-state index in [1.807, 2.05) is 12.1 Å². The quantitative estimate of drug-likeness (QED) is 0.617. The lowest BCUT2D eigenvalue weighted by Gasteiger charge is -2.29. The van der Waals surface area contributed by atoms with Crippen LogP contribution in [0.25, 0.3) is 10.9 Å². The largest absolute Gasteiger partial charge is 0.378 e. The number of benzene rings is 1. The maximum Gasteiger partial charge on any atom is 0.0724 e. The van der Waals surface area contributed by atoms with Gasteiger partial charge in [0.2, 0.25) is 0 Å². The van der Waals surface area contributed by atoms with Gasteiger partial charge in [-0.1, -0.05) is 0 Å². The lowest BCUT2D eigenvalue weighted by Crippen LogP contribution is -2.36. The number of hydrazine groups is 1. The fraction of sp³-hybridized carbons (Fsp3) is 0.308. The van der Waals surface area contributed by atoms with Gasteiger partial charge in [-0.05, 0) is 24.3 Å². The van der Waals surface area contributed by atoms with Gasteiger partial charge < -0.3 is 15.1 Å². The molecule has 0 aliphatic carbocycles. The van der Waals surface area contributed by atoms with Crippen LogP contribution in [0.5, 0.6) is 0 Å². The molecule has 0 bridgehead atoms. The van der Waals surface area contributed by atoms with E-state index >= 15 is 0 Å². The summed E-state index contributed by atoms with van der Waals surface area (Å²) in [6, 6.07) is 8.14. The van der Waals surface area contributed by atoms with Gasteiger partial charge in [-0.25, -0.2) is 0 Å². The van der Waals surface area contributed by atoms with Gasteiger partial charge in [-0.15, -0.1) is 0 Å². The molecule has 94 valence electrons. The minimum absolute atomic E-state index is 0.785. The molecular weight excluding hydrogens is 228 g/mol. The number of pyridine rings is 1. The van der Waals surface area contributed by atoms with Crippen molar-refractivity contribution in [1.29, 1.82) is 0 Å². The van der Waals surface area contributed by atoms with Crippen molar-refractivity contribution in [3.8, 4) is 0 Å². The smallest absolute Gasteiger partial charge is 0.0724 e. The van der Waals surface area contributed by atoms with Crippen molar-refractivity contribution in [2.45, 2.75) is 0 Å². The zero-order valence-electron chi connectivity index (χ0n) is 10.1. The van der Waals surface area contributed by atoms with Gasteiger partial charge >= 0.3 is 0 Å². The predicted molar refractivity (Wildman–Crippen MR) is 72.6 cm³/mol. The minimum atomic E-state index is 0.785. The van der Waals surface area contributed by atoms with Gasteiger partial charge in [-0.3, -0.25) is 10.8 Å². The molecule has 3 rings (SSSR count). The molecule has 3 N–H and O–H groups in total. The Bertz CT molecular complexity index is 552. The highest BCUT2D eigenvalue weighted by atomic mass is 16.5. The highest BCUT2D eigenvalue weighted by molar-refractivity contribution is 5.93. The molecule has 1 fully saturated rings. The van der Waals surface area contributed by atoms with Crippen LogP contribution in [0, 0.1) is 0 Å². The zero-order valence-corrected chi connectivity index (χ0v) is 10.1. The normalized spacial score (nSPS) is 15.9. The van der Waals surface area contributed by atoms with Crippen molar-refractivity contribution in [1.82, 2.24) is 4.98 Å². The molecule has 0 spiro atoms. The number of rotatable bonds is 2. The zero-order chi connectivity index (χ0) is 12.4. The van der Waals surface area contributed by atoms with Crippen LogP contribution >= 0.6 is 0 Å². The first kappa shape index (κ1) is 11.3. The Balaban J connectivity index is 2.03. The Morgan fingerprint density at radius 3 is 2.83 bits per heavy atom. The maximum atomic E-state index is 5.53. The van der Waals surface area contributed by atoms with E-state index in [9.17, 15) is 0 Å². The second-order valence-corrected chi connectivity index (χ2v) is 4.30. The lowest BCUT2D eigenvalue weighted by molar-refractivity contribution is 0.122. The third-order valence-electron chi connectivity index (χ3n) is 3.26. The van der Waals surface area contributed by atoms with Crippen molar-refractivity contribution in [2.75, 3.05) is 36.6 Å². The van der Waals surface area contributed by atoms with E-state index in [0.29, 0.717) is 0 Å². The number of anilines is 2. The Morgan fingerprint density at radius 1 is 1.22 bits per heavy atom. The second kappa shape index (κ2) is 4.80. The Morgan fingerprint density at radius 2 is 2.06 bits per heavy atom. The summed E-state index contributed by atoms with van der Waals surface area (Å²) < 4.78 is 5.37. The molecule has 1 aromatic carbocycles. The highest BCUT2D eigenvalue weighted by Crippen LogP contribution is 2.26. The molecule has 1 aliphatic heterocycles. The molecule has 0 radical (unpaired) electrons. The number of aromatic nitrogens is 1. The Kier molecular flexibility index (Phi) is 3.00. The van der Waals surface area contributed by atoms with E-state index in [1.54, 1.807) is 6.20 Å². The Labute approximate surface area is 106 Å². The van der Waals surface area contributed by atoms with Gasteiger partial charge in [-0.2, -0.15) is 0 Å². The van der Waals surface area contributed by atoms with Crippen molar-refractivity contribution in [2.24, 2.45) is 5.84 Å². The number of nitrogen functional groups attached to an aromatic ring is 1. The molecule has 1 aromatic heterocycles. The van der Waals surface area contributed by atoms with Crippen molar-refractivity contribution >= 4 is 22.3 Å². The van der Waals surface area contributed by atoms with Crippen LogP contribution < -0.4 is 16.2 Å². The van der Waals surface area contributed by atoms with Crippen molar-refractivity contribution in [3.05, 3.63) is 30.5 Å². The third-order valence-corrected chi connectivity index (χ3v) is 3.26. The topological polar surface area (TPSA) is 63.4 Å². The van der Waals surface area contributed by atoms with Crippen LogP contribution in [0.15, 0.2) is 30.5 Å². The average Bonchev–Trinajstić information content (AvgIpc) is 2.47. The third kappa shape index (κ3) is 1.98. The van der Waals surface area contributed by atoms with Gasteiger partial charge in [0.1, 0.15) is 0 Å². The van der Waals surface area contributed by atoms with E-state index in [1.165, 1.54) is 5.69 Å². The summed E-state index contributed by atoms with van der Waals surface area (Å²) in [4.78, 5) is 6.65. The standard InChI is InChI=1S/C13H16N4O/c14-16-13-3-4-15-12-2-1-10(9-11(12)13)17-5-7-18-8-6-17/h1-4,9H,5-8,14H2,(H,15,16). The molecular formula is C13H16N4O. The molecule has 18 heavy (non-hydrogen) atoms. The van der Waals surface area contributed by atoms with Crippen LogP contribution in [0.1, 0.15) is 0 Å². The van der Waals surface area contributed by atoms with Crippen LogP contribution in [0.2, 0.25) is 0 Å². The summed E-state index contributed by atoms with van der Waals surface area (Å²) in [5, 5.41) is 1.05. The fourth-order valence-corrected chi connectivity index (χ4v) is 2.28. The van der Waals surface area contributed by atoms with E-state index in [4.69, 9.17) is 10.6 Å². The molecule has 0 amide bonds. The fourth-order valence-electron chi connectivity index (χ4n) is 2.28. The molecule has 1 aliphatic rings. The number of hydrogen-bond acceptors (Lipinski definition) is 5. The predicted octanol–water partition coefficient (Wildman–Crippen LogP) is 1.36. The van der Waals surface area contributed by atoms with Crippen LogP contribution in [-0.2, 0) is 4.74 Å². The van der Waals surface area contributed by atoms with Gasteiger partial charge in [0.15, 0.2) is 0 Å². The van der Waals surface area contributed by atoms with E-state index < -0.39 is 0 Å². The van der Waals surface area contributed by atoms with Crippen molar-refractivity contribution < 1.29 is 4.74 Å². The first-order valence-corrected chi connectivity index (χ1v) is 6.06. The molecule has 0 saturated carbocycles. The minimum Gasteiger partial charge on any atom is -0.378 e. The highest BCUT2D eigenvalue weighted by Gasteiger charge is 2.12. The van der Waals surface area contributed by atoms with Crippen LogP contribution in [0.3, 0.4) is 0 Å². The number of fused-ring (bicyclic) bond motifs is 1. The number of nitrogens with zero attached hydrogens (tertiary/aromatic N) is 2. The van der Waals surface area contributed by atoms with Gasteiger partial charge in [0.05, 0.1) is 24.4 Å². The maximum absolute atomic E-state index is 5.53. The molecule has 0 atom stereocenters. The molecule has 1 saturated heterocycles. The van der Waals surface area contributed by atoms with E-state index in [-0.39, 0.29) is 0 Å². The second-order valence-electron chi connectivity index (χ2n) is 4.30. The number of nitrogens with one attached hydrogen (secondary N) is 1. The average molecular weight is 244 g/mol. The summed E-state index contributed by atoms with van der Waals surface area (Å²) >= 11 is 0. The van der Waals surface area contributed by atoms with Crippen LogP contribution in [-0.4, -0.2) is 31.3 Å². The monoisotopic (exact) mass is 244 g/mol. The van der Waals surface area contributed by atoms with Crippen molar-refractivity contribution in [3.63, 3.8) is 0 Å². The Hall–Kier alpha value is -1.85. The summed E-state index contributed by atoms with van der Waals surface area (Å²) in [5.41, 5.74) is 5.75. The SMILES string of the molecule is NNc1ccnc2ccc(N3CCOCC3)cc12. The molecule has 5 heteroatoms. The summed E-state index contributed by atoms with van der Waals surface area (Å²) in [6.07, 6.45) is 1.76. The summed E-state index contributed by atoms with van der Waals surface area (Å²) in [7, 11) is 0. The number of nitrogens with two attached hydrogens (primary N) is 1. The molecule has 5 nitrogen and oxygen atoms in total. The number of morpholine rings is 1. The van der Waals surface area contributed by atoms with E-state index in [2.05, 4.69) is 27.4 Å². The van der Waals surface area contributed by atoms with E-state index in [0.717, 1.165) is 42.9 Å². The van der Waals surface area contributed by atoms with Crippen LogP contribution in [0.4, 0.5) is 11.4 Å². The molecule has 0 unspecified atom stereocenters. The summed E-state index contributed by atoms with van der Waals surface area (Å²) in [6.45, 7) is 3.43. The summed E-state index contributed by atoms with van der Waals surface area (Å²) in [5.74, 6) is 5.53. The van der Waals surface area contributed by atoms with Gasteiger partial charge in [0, 0.05) is 30.4 Å². The first-order valence-electron chi connectivity index (χ1n) is 6.06. The first-order chi connectivity index (χ1) is 8.88. The molecule has 2 heterocycles. The van der Waals surface area contributed by atoms with Gasteiger partial charge in [0.25, 0.3) is 0 Å². The number of hydrogen-bond donors (Lipinski definition) is 2. The molecule has 2 aromatic rings. The number of ether oxygens (including phenoxy) is 1.